The molecular weight excluding hydrogens is 362 g/mol. The van der Waals surface area contributed by atoms with E-state index >= 15 is 0 Å². The molecule has 0 bridgehead atoms. The summed E-state index contributed by atoms with van der Waals surface area (Å²) in [5.41, 5.74) is 0.639. The number of carbonyl (C=O) groups is 2. The number of ether oxygens (including phenoxy) is 3. The van der Waals surface area contributed by atoms with Gasteiger partial charge in [0, 0.05) is 24.8 Å². The highest BCUT2D eigenvalue weighted by atomic mass is 16.5. The largest absolute Gasteiger partial charge is 0.497 e. The van der Waals surface area contributed by atoms with Crippen LogP contribution in [0.15, 0.2) is 42.6 Å². The van der Waals surface area contributed by atoms with Crippen LogP contribution in [0.25, 0.3) is 0 Å². The van der Waals surface area contributed by atoms with E-state index in [1.165, 1.54) is 12.3 Å². The van der Waals surface area contributed by atoms with Gasteiger partial charge in [0.15, 0.2) is 0 Å². The van der Waals surface area contributed by atoms with Gasteiger partial charge in [-0.2, -0.15) is 0 Å². The van der Waals surface area contributed by atoms with Gasteiger partial charge in [-0.3, -0.25) is 14.6 Å². The summed E-state index contributed by atoms with van der Waals surface area (Å²) in [6.45, 7) is 2.77. The highest BCUT2D eigenvalue weighted by molar-refractivity contribution is 5.98. The van der Waals surface area contributed by atoms with E-state index in [0.29, 0.717) is 50.8 Å². The quantitative estimate of drug-likeness (QED) is 0.724. The molecule has 2 aromatic rings. The maximum Gasteiger partial charge on any atom is 0.270 e. The summed E-state index contributed by atoms with van der Waals surface area (Å²) in [4.78, 5) is 30.6. The Bertz CT molecular complexity index is 804. The lowest BCUT2D eigenvalue weighted by molar-refractivity contribution is 0.0303. The van der Waals surface area contributed by atoms with Crippen LogP contribution in [0.1, 0.15) is 20.8 Å². The van der Waals surface area contributed by atoms with Crippen LogP contribution in [0.5, 0.6) is 11.5 Å². The first-order valence-corrected chi connectivity index (χ1v) is 9.05. The summed E-state index contributed by atoms with van der Waals surface area (Å²) in [6.07, 6.45) is 1.47. The number of methoxy groups -OCH3 is 1. The minimum atomic E-state index is -0.352. The van der Waals surface area contributed by atoms with Gasteiger partial charge in [-0.1, -0.05) is 0 Å². The second-order valence-corrected chi connectivity index (χ2v) is 6.11. The van der Waals surface area contributed by atoms with E-state index in [1.54, 1.807) is 42.3 Å². The van der Waals surface area contributed by atoms with E-state index in [1.807, 2.05) is 0 Å². The van der Waals surface area contributed by atoms with Crippen LogP contribution in [0.3, 0.4) is 0 Å². The van der Waals surface area contributed by atoms with Crippen molar-refractivity contribution in [2.24, 2.45) is 0 Å². The number of aromatic nitrogens is 1. The fourth-order valence-corrected chi connectivity index (χ4v) is 2.73. The molecule has 28 heavy (non-hydrogen) atoms. The van der Waals surface area contributed by atoms with Gasteiger partial charge in [0.25, 0.3) is 11.8 Å². The molecule has 0 unspecified atom stereocenters. The second-order valence-electron chi connectivity index (χ2n) is 6.11. The smallest absolute Gasteiger partial charge is 0.270 e. The van der Waals surface area contributed by atoms with E-state index in [4.69, 9.17) is 14.2 Å². The van der Waals surface area contributed by atoms with Crippen LogP contribution in [0.2, 0.25) is 0 Å². The van der Waals surface area contributed by atoms with Gasteiger partial charge in [-0.05, 0) is 36.4 Å². The third-order valence-corrected chi connectivity index (χ3v) is 4.25. The first-order chi connectivity index (χ1) is 13.7. The van der Waals surface area contributed by atoms with Crippen molar-refractivity contribution in [3.05, 3.63) is 53.9 Å². The summed E-state index contributed by atoms with van der Waals surface area (Å²) in [5, 5.41) is 2.74. The Hall–Kier alpha value is -3.13. The van der Waals surface area contributed by atoms with Crippen molar-refractivity contribution in [3.8, 4) is 11.5 Å². The third kappa shape index (κ3) is 5.20. The number of carbonyl (C=O) groups excluding carboxylic acids is 2. The van der Waals surface area contributed by atoms with Gasteiger partial charge >= 0.3 is 0 Å². The molecule has 1 aromatic carbocycles. The Kier molecular flexibility index (Phi) is 6.80. The molecule has 1 aromatic heterocycles. The van der Waals surface area contributed by atoms with Crippen LogP contribution >= 0.6 is 0 Å². The Labute approximate surface area is 163 Å². The number of hydrogen-bond donors (Lipinski definition) is 1. The molecule has 8 heteroatoms. The predicted octanol–water partition coefficient (Wildman–Crippen LogP) is 1.37. The van der Waals surface area contributed by atoms with Crippen molar-refractivity contribution in [1.82, 2.24) is 15.2 Å². The molecule has 3 rings (SSSR count). The molecule has 1 saturated heterocycles. The molecule has 1 N–H and O–H groups in total. The standard InChI is InChI=1S/C20H23N3O5/c1-26-16-2-4-17(5-3-16)28-11-8-22-19(24)18-14-15(6-7-21-18)20(25)23-9-12-27-13-10-23/h2-7,14H,8-13H2,1H3,(H,22,24). The van der Waals surface area contributed by atoms with Gasteiger partial charge in [0.2, 0.25) is 0 Å². The number of hydrogen-bond acceptors (Lipinski definition) is 6. The molecule has 0 radical (unpaired) electrons. The average Bonchev–Trinajstić information content (AvgIpc) is 2.77. The number of morpholine rings is 1. The highest BCUT2D eigenvalue weighted by Crippen LogP contribution is 2.16. The van der Waals surface area contributed by atoms with Gasteiger partial charge < -0.3 is 24.4 Å². The fraction of sp³-hybridized carbons (Fsp3) is 0.350. The Morgan fingerprint density at radius 3 is 2.57 bits per heavy atom. The van der Waals surface area contributed by atoms with Crippen molar-refractivity contribution in [2.45, 2.75) is 0 Å². The first kappa shape index (κ1) is 19.6. The predicted molar refractivity (Wildman–Crippen MR) is 102 cm³/mol. The maximum absolute atomic E-state index is 12.5. The van der Waals surface area contributed by atoms with E-state index in [9.17, 15) is 9.59 Å². The average molecular weight is 385 g/mol. The first-order valence-electron chi connectivity index (χ1n) is 9.05. The van der Waals surface area contributed by atoms with Gasteiger partial charge in [-0.25, -0.2) is 0 Å². The molecule has 148 valence electrons. The molecule has 1 aliphatic rings. The minimum Gasteiger partial charge on any atom is -0.497 e. The van der Waals surface area contributed by atoms with Crippen molar-refractivity contribution >= 4 is 11.8 Å². The summed E-state index contributed by atoms with van der Waals surface area (Å²) in [5.74, 6) is 0.960. The number of nitrogens with one attached hydrogen (secondary N) is 1. The monoisotopic (exact) mass is 385 g/mol. The molecule has 1 aliphatic heterocycles. The number of rotatable bonds is 7. The van der Waals surface area contributed by atoms with Crippen LogP contribution in [0, 0.1) is 0 Å². The van der Waals surface area contributed by atoms with Crippen molar-refractivity contribution in [1.29, 1.82) is 0 Å². The molecule has 0 saturated carbocycles. The fourth-order valence-electron chi connectivity index (χ4n) is 2.73. The lowest BCUT2D eigenvalue weighted by Gasteiger charge is -2.26. The molecule has 0 aliphatic carbocycles. The van der Waals surface area contributed by atoms with Gasteiger partial charge in [0.1, 0.15) is 23.8 Å². The third-order valence-electron chi connectivity index (χ3n) is 4.25. The number of benzene rings is 1. The van der Waals surface area contributed by atoms with Crippen molar-refractivity contribution < 1.29 is 23.8 Å². The second kappa shape index (κ2) is 9.70. The zero-order valence-electron chi connectivity index (χ0n) is 15.7. The highest BCUT2D eigenvalue weighted by Gasteiger charge is 2.19. The molecule has 2 heterocycles. The molecular formula is C20H23N3O5. The molecule has 0 atom stereocenters. The van der Waals surface area contributed by atoms with Gasteiger partial charge in [0.05, 0.1) is 26.9 Å². The lowest BCUT2D eigenvalue weighted by Crippen LogP contribution is -2.40. The summed E-state index contributed by atoms with van der Waals surface area (Å²) >= 11 is 0. The van der Waals surface area contributed by atoms with Crippen LogP contribution in [-0.2, 0) is 4.74 Å². The number of amides is 2. The van der Waals surface area contributed by atoms with Crippen molar-refractivity contribution in [2.75, 3.05) is 46.6 Å². The SMILES string of the molecule is COc1ccc(OCCNC(=O)c2cc(C(=O)N3CCOCC3)ccn2)cc1. The Morgan fingerprint density at radius 2 is 1.86 bits per heavy atom. The van der Waals surface area contributed by atoms with Gasteiger partial charge in [-0.15, -0.1) is 0 Å². The number of nitrogens with zero attached hydrogens (tertiary/aromatic N) is 2. The minimum absolute atomic E-state index is 0.123. The Morgan fingerprint density at radius 1 is 1.14 bits per heavy atom. The molecule has 0 spiro atoms. The molecule has 8 nitrogen and oxygen atoms in total. The summed E-state index contributed by atoms with van der Waals surface area (Å²) in [6, 6.07) is 10.3. The summed E-state index contributed by atoms with van der Waals surface area (Å²) in [7, 11) is 1.60. The molecule has 1 fully saturated rings. The van der Waals surface area contributed by atoms with Crippen LogP contribution in [-0.4, -0.2) is 68.3 Å². The van der Waals surface area contributed by atoms with Crippen molar-refractivity contribution in [3.63, 3.8) is 0 Å². The molecule has 2 amide bonds. The van der Waals surface area contributed by atoms with E-state index < -0.39 is 0 Å². The van der Waals surface area contributed by atoms with Crippen LogP contribution < -0.4 is 14.8 Å². The van der Waals surface area contributed by atoms with E-state index in [0.717, 1.165) is 5.75 Å². The maximum atomic E-state index is 12.5. The van der Waals surface area contributed by atoms with Crippen LogP contribution in [0.4, 0.5) is 0 Å². The normalized spacial score (nSPS) is 13.7. The Balaban J connectivity index is 1.49. The topological polar surface area (TPSA) is 90.0 Å². The summed E-state index contributed by atoms with van der Waals surface area (Å²) < 4.78 is 15.9. The van der Waals surface area contributed by atoms with E-state index in [-0.39, 0.29) is 17.5 Å². The zero-order valence-corrected chi connectivity index (χ0v) is 15.7. The zero-order chi connectivity index (χ0) is 19.8. The lowest BCUT2D eigenvalue weighted by atomic mass is 10.2. The van der Waals surface area contributed by atoms with E-state index in [2.05, 4.69) is 10.3 Å². The number of pyridine rings is 1.